The minimum Gasteiger partial charge on any atom is -0.487 e. The number of para-hydroxylation sites is 1. The number of hydrogen-bond acceptors (Lipinski definition) is 4. The molecule has 0 saturated carbocycles. The fourth-order valence-electron chi connectivity index (χ4n) is 4.15. The van der Waals surface area contributed by atoms with Crippen LogP contribution in [0.1, 0.15) is 36.0 Å². The zero-order valence-electron chi connectivity index (χ0n) is 16.4. The summed E-state index contributed by atoms with van der Waals surface area (Å²) in [6, 6.07) is 16.8. The fraction of sp³-hybridized carbons (Fsp3) is 0.375. The van der Waals surface area contributed by atoms with Crippen molar-refractivity contribution in [3.63, 3.8) is 0 Å². The summed E-state index contributed by atoms with van der Waals surface area (Å²) in [4.78, 5) is 13.7. The first-order chi connectivity index (χ1) is 13.7. The van der Waals surface area contributed by atoms with Gasteiger partial charge in [-0.25, -0.2) is 4.79 Å². The van der Waals surface area contributed by atoms with Gasteiger partial charge in [0.15, 0.2) is 0 Å². The lowest BCUT2D eigenvalue weighted by Gasteiger charge is -2.44. The van der Waals surface area contributed by atoms with Crippen LogP contribution in [0.4, 0.5) is 0 Å². The van der Waals surface area contributed by atoms with E-state index >= 15 is 0 Å². The van der Waals surface area contributed by atoms with Crippen LogP contribution in [0, 0.1) is 0 Å². The normalized spacial score (nSPS) is 18.6. The molecular weight excluding hydrogens is 350 g/mol. The van der Waals surface area contributed by atoms with Crippen molar-refractivity contribution in [2.24, 2.45) is 0 Å². The van der Waals surface area contributed by atoms with Gasteiger partial charge in [0, 0.05) is 25.7 Å². The van der Waals surface area contributed by atoms with Crippen molar-refractivity contribution in [3.05, 3.63) is 71.3 Å². The van der Waals surface area contributed by atoms with Gasteiger partial charge in [0.05, 0.1) is 7.11 Å². The highest BCUT2D eigenvalue weighted by Crippen LogP contribution is 2.39. The highest BCUT2D eigenvalue weighted by Gasteiger charge is 2.39. The number of esters is 1. The number of fused-ring (bicyclic) bond motifs is 1. The van der Waals surface area contributed by atoms with Gasteiger partial charge in [0.25, 0.3) is 0 Å². The molecule has 146 valence electrons. The minimum atomic E-state index is -0.334. The summed E-state index contributed by atoms with van der Waals surface area (Å²) >= 11 is 0. The number of likely N-dealkylation sites (tertiary alicyclic amines) is 1. The number of carbonyl (C=O) groups excluding carboxylic acids is 1. The summed E-state index contributed by atoms with van der Waals surface area (Å²) in [5.74, 6) is 0.747. The van der Waals surface area contributed by atoms with Gasteiger partial charge in [0.1, 0.15) is 11.4 Å². The Bertz CT molecular complexity index is 848. The highest BCUT2D eigenvalue weighted by atomic mass is 16.5. The Morgan fingerprint density at radius 1 is 1.11 bits per heavy atom. The first kappa shape index (κ1) is 18.8. The van der Waals surface area contributed by atoms with E-state index in [2.05, 4.69) is 46.0 Å². The average Bonchev–Trinajstić information content (AvgIpc) is 2.75. The number of carbonyl (C=O) groups is 1. The Hall–Kier alpha value is -2.59. The average molecular weight is 377 g/mol. The predicted octanol–water partition coefficient (Wildman–Crippen LogP) is 4.23. The largest absolute Gasteiger partial charge is 0.487 e. The maximum atomic E-state index is 11.2. The van der Waals surface area contributed by atoms with Gasteiger partial charge < -0.3 is 9.47 Å². The Morgan fingerprint density at radius 3 is 2.61 bits per heavy atom. The van der Waals surface area contributed by atoms with Gasteiger partial charge in [-0.1, -0.05) is 42.5 Å². The minimum absolute atomic E-state index is 0.0212. The number of rotatable bonds is 4. The molecule has 0 bridgehead atoms. The van der Waals surface area contributed by atoms with Crippen LogP contribution in [-0.2, 0) is 22.5 Å². The second kappa shape index (κ2) is 8.19. The van der Waals surface area contributed by atoms with E-state index in [9.17, 15) is 4.79 Å². The standard InChI is InChI=1S/C24H27NO3/c1-27-23(26)11-10-19-6-8-20(9-7-19)18-25-16-14-24(15-17-25)13-12-21-4-2-3-5-22(21)28-24/h2-11H,12-18H2,1H3. The van der Waals surface area contributed by atoms with E-state index in [1.807, 2.05) is 12.1 Å². The lowest BCUT2D eigenvalue weighted by atomic mass is 9.83. The molecule has 4 nitrogen and oxygen atoms in total. The molecule has 0 atom stereocenters. The number of piperidine rings is 1. The van der Waals surface area contributed by atoms with Crippen molar-refractivity contribution in [1.29, 1.82) is 0 Å². The fourth-order valence-corrected chi connectivity index (χ4v) is 4.15. The maximum absolute atomic E-state index is 11.2. The summed E-state index contributed by atoms with van der Waals surface area (Å²) < 4.78 is 11.1. The molecule has 2 aliphatic heterocycles. The molecule has 4 heteroatoms. The van der Waals surface area contributed by atoms with E-state index < -0.39 is 0 Å². The second-order valence-electron chi connectivity index (χ2n) is 7.77. The highest BCUT2D eigenvalue weighted by molar-refractivity contribution is 5.86. The summed E-state index contributed by atoms with van der Waals surface area (Å²) in [7, 11) is 1.38. The van der Waals surface area contributed by atoms with Crippen LogP contribution in [0.2, 0.25) is 0 Å². The zero-order chi connectivity index (χ0) is 19.4. The monoisotopic (exact) mass is 377 g/mol. The van der Waals surface area contributed by atoms with E-state index in [0.29, 0.717) is 0 Å². The number of benzene rings is 2. The molecule has 1 spiro atoms. The van der Waals surface area contributed by atoms with Crippen molar-refractivity contribution >= 4 is 12.0 Å². The van der Waals surface area contributed by atoms with E-state index in [-0.39, 0.29) is 11.6 Å². The molecule has 0 N–H and O–H groups in total. The molecule has 0 aliphatic carbocycles. The van der Waals surface area contributed by atoms with Crippen molar-refractivity contribution < 1.29 is 14.3 Å². The number of methoxy groups -OCH3 is 1. The topological polar surface area (TPSA) is 38.8 Å². The van der Waals surface area contributed by atoms with Crippen molar-refractivity contribution in [2.75, 3.05) is 20.2 Å². The lowest BCUT2D eigenvalue weighted by Crippen LogP contribution is -2.49. The molecule has 2 aromatic rings. The van der Waals surface area contributed by atoms with Gasteiger partial charge in [-0.2, -0.15) is 0 Å². The van der Waals surface area contributed by atoms with Gasteiger partial charge in [-0.15, -0.1) is 0 Å². The predicted molar refractivity (Wildman–Crippen MR) is 110 cm³/mol. The summed E-state index contributed by atoms with van der Waals surface area (Å²) in [6.07, 6.45) is 7.64. The second-order valence-corrected chi connectivity index (χ2v) is 7.77. The van der Waals surface area contributed by atoms with Crippen LogP contribution in [0.5, 0.6) is 5.75 Å². The molecule has 2 aliphatic rings. The smallest absolute Gasteiger partial charge is 0.330 e. The van der Waals surface area contributed by atoms with E-state index in [1.54, 1.807) is 6.08 Å². The Morgan fingerprint density at radius 2 is 1.86 bits per heavy atom. The molecule has 0 aromatic heterocycles. The van der Waals surface area contributed by atoms with E-state index in [4.69, 9.17) is 4.74 Å². The molecule has 2 aromatic carbocycles. The molecule has 2 heterocycles. The molecular formula is C24H27NO3. The number of nitrogens with zero attached hydrogens (tertiary/aromatic N) is 1. The Balaban J connectivity index is 1.31. The van der Waals surface area contributed by atoms with Crippen molar-refractivity contribution in [2.45, 2.75) is 37.8 Å². The van der Waals surface area contributed by atoms with Crippen LogP contribution in [0.3, 0.4) is 0 Å². The maximum Gasteiger partial charge on any atom is 0.330 e. The number of aryl methyl sites for hydroxylation is 1. The molecule has 0 unspecified atom stereocenters. The quantitative estimate of drug-likeness (QED) is 0.590. The first-order valence-corrected chi connectivity index (χ1v) is 10.0. The Kier molecular flexibility index (Phi) is 5.49. The molecule has 1 fully saturated rings. The van der Waals surface area contributed by atoms with Crippen LogP contribution in [-0.4, -0.2) is 36.7 Å². The molecule has 4 rings (SSSR count). The molecule has 0 amide bonds. The molecule has 0 radical (unpaired) electrons. The van der Waals surface area contributed by atoms with Crippen molar-refractivity contribution in [3.8, 4) is 5.75 Å². The van der Waals surface area contributed by atoms with Gasteiger partial charge >= 0.3 is 5.97 Å². The van der Waals surface area contributed by atoms with Crippen LogP contribution in [0.15, 0.2) is 54.6 Å². The number of ether oxygens (including phenoxy) is 2. The summed E-state index contributed by atoms with van der Waals surface area (Å²) in [5, 5.41) is 0. The van der Waals surface area contributed by atoms with Crippen LogP contribution in [0.25, 0.3) is 6.08 Å². The van der Waals surface area contributed by atoms with E-state index in [1.165, 1.54) is 24.3 Å². The third-order valence-corrected chi connectivity index (χ3v) is 5.92. The van der Waals surface area contributed by atoms with E-state index in [0.717, 1.165) is 56.6 Å². The van der Waals surface area contributed by atoms with Crippen molar-refractivity contribution in [1.82, 2.24) is 4.90 Å². The summed E-state index contributed by atoms with van der Waals surface area (Å²) in [6.45, 7) is 3.08. The Labute approximate surface area is 166 Å². The van der Waals surface area contributed by atoms with Gasteiger partial charge in [-0.05, 0) is 54.5 Å². The van der Waals surface area contributed by atoms with Gasteiger partial charge in [-0.3, -0.25) is 4.90 Å². The third kappa shape index (κ3) is 4.28. The van der Waals surface area contributed by atoms with Crippen LogP contribution < -0.4 is 4.74 Å². The van der Waals surface area contributed by atoms with Crippen LogP contribution >= 0.6 is 0 Å². The molecule has 1 saturated heterocycles. The zero-order valence-corrected chi connectivity index (χ0v) is 16.4. The lowest BCUT2D eigenvalue weighted by molar-refractivity contribution is -0.134. The van der Waals surface area contributed by atoms with Gasteiger partial charge in [0.2, 0.25) is 0 Å². The molecule has 28 heavy (non-hydrogen) atoms. The third-order valence-electron chi connectivity index (χ3n) is 5.92. The number of hydrogen-bond donors (Lipinski definition) is 0. The summed E-state index contributed by atoms with van der Waals surface area (Å²) in [5.41, 5.74) is 3.66. The SMILES string of the molecule is COC(=O)C=Cc1ccc(CN2CCC3(CCc4ccccc4O3)CC2)cc1. The first-order valence-electron chi connectivity index (χ1n) is 10.0.